The Balaban J connectivity index is 1.40. The van der Waals surface area contributed by atoms with E-state index in [2.05, 4.69) is 10.3 Å². The topological polar surface area (TPSA) is 85.1 Å². The molecule has 0 saturated heterocycles. The van der Waals surface area contributed by atoms with Gasteiger partial charge in [-0.1, -0.05) is 65.3 Å². The molecule has 0 aliphatic heterocycles. The van der Waals surface area contributed by atoms with E-state index < -0.39 is 11.2 Å². The van der Waals surface area contributed by atoms with Crippen molar-refractivity contribution >= 4 is 40.2 Å². The van der Waals surface area contributed by atoms with Crippen LogP contribution in [0.2, 0.25) is 5.02 Å². The Morgan fingerprint density at radius 3 is 2.39 bits per heavy atom. The number of carboxylic acid groups (broad SMARTS) is 1. The minimum atomic E-state index is -0.907. The highest BCUT2D eigenvalue weighted by molar-refractivity contribution is 7.99. The number of halogens is 1. The van der Waals surface area contributed by atoms with Crippen LogP contribution in [0, 0.1) is 6.92 Å². The number of nitrogens with zero attached hydrogens (tertiary/aromatic N) is 3. The van der Waals surface area contributed by atoms with E-state index in [1.165, 1.54) is 16.4 Å². The normalized spacial score (nSPS) is 12.1. The van der Waals surface area contributed by atoms with Gasteiger partial charge in [0.1, 0.15) is 10.8 Å². The molecule has 1 aromatic heterocycles. The molecule has 1 unspecified atom stereocenters. The highest BCUT2D eigenvalue weighted by atomic mass is 35.5. The monoisotopic (exact) mass is 479 g/mol. The fourth-order valence-electron chi connectivity index (χ4n) is 3.54. The summed E-state index contributed by atoms with van der Waals surface area (Å²) in [6.45, 7) is 2.06. The van der Waals surface area contributed by atoms with Crippen molar-refractivity contribution in [2.45, 2.75) is 30.9 Å². The van der Waals surface area contributed by atoms with E-state index >= 15 is 0 Å². The van der Waals surface area contributed by atoms with Gasteiger partial charge in [0, 0.05) is 17.3 Å². The van der Waals surface area contributed by atoms with E-state index in [0.717, 1.165) is 22.3 Å². The van der Waals surface area contributed by atoms with Crippen LogP contribution in [-0.2, 0) is 17.1 Å². The van der Waals surface area contributed by atoms with Crippen LogP contribution in [0.15, 0.2) is 71.5 Å². The van der Waals surface area contributed by atoms with Crippen LogP contribution in [0.25, 0.3) is 22.0 Å². The number of carbonyl (C=O) groups is 1. The molecule has 8 heteroatoms. The van der Waals surface area contributed by atoms with Gasteiger partial charge in [-0.15, -0.1) is 16.9 Å². The third-order valence-corrected chi connectivity index (χ3v) is 7.01. The van der Waals surface area contributed by atoms with Gasteiger partial charge in [0.25, 0.3) is 5.56 Å². The Kier molecular flexibility index (Phi) is 7.11. The second kappa shape index (κ2) is 10.2. The van der Waals surface area contributed by atoms with Crippen LogP contribution < -0.4 is 5.56 Å². The molecule has 33 heavy (non-hydrogen) atoms. The molecule has 0 radical (unpaired) electrons. The van der Waals surface area contributed by atoms with E-state index in [1.807, 2.05) is 61.5 Å². The van der Waals surface area contributed by atoms with E-state index in [0.29, 0.717) is 21.7 Å². The first kappa shape index (κ1) is 23.0. The van der Waals surface area contributed by atoms with Crippen molar-refractivity contribution in [3.05, 3.63) is 93.2 Å². The SMILES string of the molecule is Cc1cccc2c(=O)n(CCC(SCc3ccc(-c4ccc(Cl)cc4)cc3)C(=O)O)nnc12. The van der Waals surface area contributed by atoms with Crippen LogP contribution in [0.3, 0.4) is 0 Å². The van der Waals surface area contributed by atoms with Crippen LogP contribution >= 0.6 is 23.4 Å². The molecular weight excluding hydrogens is 458 g/mol. The summed E-state index contributed by atoms with van der Waals surface area (Å²) in [6.07, 6.45) is 0.273. The van der Waals surface area contributed by atoms with E-state index in [-0.39, 0.29) is 18.5 Å². The molecule has 1 N–H and O–H groups in total. The molecule has 6 nitrogen and oxygen atoms in total. The number of hydrogen-bond donors (Lipinski definition) is 1. The first-order chi connectivity index (χ1) is 15.9. The highest BCUT2D eigenvalue weighted by Crippen LogP contribution is 2.25. The van der Waals surface area contributed by atoms with Crippen LogP contribution in [-0.4, -0.2) is 31.3 Å². The minimum absolute atomic E-state index is 0.190. The third kappa shape index (κ3) is 5.43. The molecule has 168 valence electrons. The molecule has 0 aliphatic rings. The molecular formula is C25H22ClN3O3S. The lowest BCUT2D eigenvalue weighted by atomic mass is 10.0. The quantitative estimate of drug-likeness (QED) is 0.374. The second-order valence-corrected chi connectivity index (χ2v) is 9.35. The minimum Gasteiger partial charge on any atom is -0.480 e. The number of rotatable bonds is 8. The molecule has 0 aliphatic carbocycles. The Morgan fingerprint density at radius 1 is 1.06 bits per heavy atom. The van der Waals surface area contributed by atoms with Crippen LogP contribution in [0.1, 0.15) is 17.5 Å². The maximum Gasteiger partial charge on any atom is 0.316 e. The summed E-state index contributed by atoms with van der Waals surface area (Å²) < 4.78 is 1.25. The van der Waals surface area contributed by atoms with E-state index in [4.69, 9.17) is 11.6 Å². The summed E-state index contributed by atoms with van der Waals surface area (Å²) in [5, 5.41) is 18.3. The lowest BCUT2D eigenvalue weighted by Crippen LogP contribution is -2.27. The van der Waals surface area contributed by atoms with Crippen molar-refractivity contribution in [1.82, 2.24) is 15.0 Å². The summed E-state index contributed by atoms with van der Waals surface area (Å²) in [5.41, 5.74) is 4.37. The van der Waals surface area contributed by atoms with Crippen molar-refractivity contribution in [2.75, 3.05) is 0 Å². The van der Waals surface area contributed by atoms with Crippen LogP contribution in [0.4, 0.5) is 0 Å². The predicted octanol–water partition coefficient (Wildman–Crippen LogP) is 5.20. The van der Waals surface area contributed by atoms with E-state index in [1.54, 1.807) is 12.1 Å². The van der Waals surface area contributed by atoms with Gasteiger partial charge in [-0.25, -0.2) is 4.68 Å². The van der Waals surface area contributed by atoms with Gasteiger partial charge >= 0.3 is 5.97 Å². The summed E-state index contributed by atoms with van der Waals surface area (Å²) in [7, 11) is 0. The zero-order valence-electron chi connectivity index (χ0n) is 17.9. The summed E-state index contributed by atoms with van der Waals surface area (Å²) in [4.78, 5) is 24.5. The molecule has 0 fully saturated rings. The number of thioether (sulfide) groups is 1. The summed E-state index contributed by atoms with van der Waals surface area (Å²) >= 11 is 7.29. The van der Waals surface area contributed by atoms with Crippen molar-refractivity contribution in [3.63, 3.8) is 0 Å². The number of aliphatic carboxylic acids is 1. The fourth-order valence-corrected chi connectivity index (χ4v) is 4.67. The molecule has 0 amide bonds. The Hall–Kier alpha value is -3.16. The first-order valence-corrected chi connectivity index (χ1v) is 11.9. The number of aryl methyl sites for hydroxylation is 2. The van der Waals surface area contributed by atoms with Gasteiger partial charge in [-0.2, -0.15) is 0 Å². The summed E-state index contributed by atoms with van der Waals surface area (Å²) in [6, 6.07) is 21.1. The summed E-state index contributed by atoms with van der Waals surface area (Å²) in [5.74, 6) is -0.356. The van der Waals surface area contributed by atoms with Gasteiger partial charge in [0.2, 0.25) is 0 Å². The lowest BCUT2D eigenvalue weighted by Gasteiger charge is -2.13. The van der Waals surface area contributed by atoms with Gasteiger partial charge in [0.05, 0.1) is 5.39 Å². The maximum atomic E-state index is 12.7. The fraction of sp³-hybridized carbons (Fsp3) is 0.200. The van der Waals surface area contributed by atoms with Gasteiger partial charge in [-0.05, 0) is 53.8 Å². The smallest absolute Gasteiger partial charge is 0.316 e. The largest absolute Gasteiger partial charge is 0.480 e. The molecule has 1 atom stereocenters. The standard InChI is InChI=1S/C25H22ClN3O3S/c1-16-3-2-4-21-23(16)27-28-29(24(21)30)14-13-22(25(31)32)33-15-17-5-7-18(8-6-17)19-9-11-20(26)12-10-19/h2-12,22H,13-15H2,1H3,(H,31,32). The second-order valence-electron chi connectivity index (χ2n) is 7.72. The number of carboxylic acids is 1. The van der Waals surface area contributed by atoms with E-state index in [9.17, 15) is 14.7 Å². The predicted molar refractivity (Wildman–Crippen MR) is 133 cm³/mol. The van der Waals surface area contributed by atoms with Crippen molar-refractivity contribution < 1.29 is 9.90 Å². The van der Waals surface area contributed by atoms with Crippen molar-refractivity contribution in [1.29, 1.82) is 0 Å². The average molecular weight is 480 g/mol. The molecule has 0 spiro atoms. The zero-order chi connectivity index (χ0) is 23.4. The molecule has 4 aromatic rings. The van der Waals surface area contributed by atoms with Gasteiger partial charge in [-0.3, -0.25) is 9.59 Å². The number of hydrogen-bond acceptors (Lipinski definition) is 5. The van der Waals surface area contributed by atoms with Crippen LogP contribution in [0.5, 0.6) is 0 Å². The molecule has 1 heterocycles. The maximum absolute atomic E-state index is 12.7. The first-order valence-electron chi connectivity index (χ1n) is 10.4. The molecule has 3 aromatic carbocycles. The third-order valence-electron chi connectivity index (χ3n) is 5.42. The Labute approximate surface area is 200 Å². The number of benzene rings is 3. The number of aromatic nitrogens is 3. The zero-order valence-corrected chi connectivity index (χ0v) is 19.5. The van der Waals surface area contributed by atoms with Crippen molar-refractivity contribution in [3.8, 4) is 11.1 Å². The van der Waals surface area contributed by atoms with Gasteiger partial charge in [0.15, 0.2) is 0 Å². The van der Waals surface area contributed by atoms with Crippen molar-refractivity contribution in [2.24, 2.45) is 0 Å². The number of fused-ring (bicyclic) bond motifs is 1. The lowest BCUT2D eigenvalue weighted by molar-refractivity contribution is -0.136. The molecule has 4 rings (SSSR count). The highest BCUT2D eigenvalue weighted by Gasteiger charge is 2.19. The Morgan fingerprint density at radius 2 is 1.73 bits per heavy atom. The molecule has 0 bridgehead atoms. The Bertz CT molecular complexity index is 1340. The van der Waals surface area contributed by atoms with Gasteiger partial charge < -0.3 is 5.11 Å². The average Bonchev–Trinajstić information content (AvgIpc) is 2.81. The molecule has 0 saturated carbocycles.